The summed E-state index contributed by atoms with van der Waals surface area (Å²) in [5.74, 6) is 0.0307. The third kappa shape index (κ3) is 4.75. The highest BCUT2D eigenvalue weighted by molar-refractivity contribution is 7.72. The minimum absolute atomic E-state index is 0.0271. The first-order valence-corrected chi connectivity index (χ1v) is 11.0. The number of rotatable bonds is 4. The first-order valence-electron chi connectivity index (χ1n) is 6.92. The van der Waals surface area contributed by atoms with Crippen molar-refractivity contribution in [3.63, 3.8) is 0 Å². The van der Waals surface area contributed by atoms with Gasteiger partial charge in [-0.05, 0) is 6.07 Å². The lowest BCUT2D eigenvalue weighted by Crippen LogP contribution is -2.28. The van der Waals surface area contributed by atoms with Crippen molar-refractivity contribution in [2.75, 3.05) is 12.3 Å². The van der Waals surface area contributed by atoms with Crippen LogP contribution in [0.1, 0.15) is 12.6 Å². The molecule has 1 aromatic rings. The van der Waals surface area contributed by atoms with Gasteiger partial charge in [0, 0.05) is 12.6 Å². The average Bonchev–Trinajstić information content (AvgIpc) is 2.82. The Bertz CT molecular complexity index is 809. The molecule has 0 aliphatic carbocycles. The summed E-state index contributed by atoms with van der Waals surface area (Å²) in [5.41, 5.74) is 4.72. The van der Waals surface area contributed by atoms with Crippen molar-refractivity contribution in [3.05, 3.63) is 22.7 Å². The van der Waals surface area contributed by atoms with Gasteiger partial charge in [0.1, 0.15) is 18.1 Å². The topological polar surface area (TPSA) is 202 Å². The van der Waals surface area contributed by atoms with Gasteiger partial charge in [0.25, 0.3) is 0 Å². The minimum Gasteiger partial charge on any atom is -0.390 e. The summed E-state index contributed by atoms with van der Waals surface area (Å²) in [6, 6.07) is 1.38. The van der Waals surface area contributed by atoms with E-state index in [0.717, 1.165) is 4.57 Å². The molecule has 2 aliphatic heterocycles. The standard InChI is InChI=1S/C9H14N3O11P3/c10-7-1-2-12(9(14)11-7)8-3-5(13)6(20-8)4-19-24-21-25(15,16)23-26(17,18)22-24/h1-2,5-6,8,13H,3-4H2,(H,15,16)(H,17,18)(H2,10,11,14). The van der Waals surface area contributed by atoms with E-state index < -0.39 is 55.0 Å². The lowest BCUT2D eigenvalue weighted by molar-refractivity contribution is -0.0427. The Labute approximate surface area is 146 Å². The molecule has 0 radical (unpaired) electrons. The molecule has 2 aliphatic rings. The lowest BCUT2D eigenvalue weighted by Gasteiger charge is -2.27. The first-order chi connectivity index (χ1) is 12.0. The summed E-state index contributed by atoms with van der Waals surface area (Å²) in [6.45, 7) is -0.416. The van der Waals surface area contributed by atoms with Crippen LogP contribution in [-0.2, 0) is 31.3 Å². The van der Waals surface area contributed by atoms with Gasteiger partial charge in [0.05, 0.1) is 12.7 Å². The highest BCUT2D eigenvalue weighted by Gasteiger charge is 2.48. The molecule has 17 heteroatoms. The molecule has 5 atom stereocenters. The van der Waals surface area contributed by atoms with Gasteiger partial charge in [-0.25, -0.2) is 22.5 Å². The molecule has 26 heavy (non-hydrogen) atoms. The van der Waals surface area contributed by atoms with E-state index in [0.29, 0.717) is 0 Å². The molecule has 2 saturated heterocycles. The lowest BCUT2D eigenvalue weighted by atomic mass is 10.2. The molecule has 0 aromatic carbocycles. The Morgan fingerprint density at radius 1 is 1.38 bits per heavy atom. The Kier molecular flexibility index (Phi) is 5.65. The van der Waals surface area contributed by atoms with E-state index in [4.69, 9.17) is 24.8 Å². The highest BCUT2D eigenvalue weighted by Crippen LogP contribution is 2.76. The zero-order chi connectivity index (χ0) is 19.1. The minimum atomic E-state index is -4.82. The van der Waals surface area contributed by atoms with Gasteiger partial charge in [0.2, 0.25) is 0 Å². The molecule has 3 heterocycles. The molecule has 2 fully saturated rings. The van der Waals surface area contributed by atoms with E-state index in [9.17, 15) is 19.0 Å². The molecule has 0 spiro atoms. The maximum absolute atomic E-state index is 11.8. The summed E-state index contributed by atoms with van der Waals surface area (Å²) >= 11 is 0. The fraction of sp³-hybridized carbons (Fsp3) is 0.556. The van der Waals surface area contributed by atoms with Gasteiger partial charge in [-0.15, -0.1) is 0 Å². The van der Waals surface area contributed by atoms with Gasteiger partial charge in [-0.3, -0.25) is 4.57 Å². The summed E-state index contributed by atoms with van der Waals surface area (Å²) in [4.78, 5) is 33.7. The predicted octanol–water partition coefficient (Wildman–Crippen LogP) is -0.0184. The van der Waals surface area contributed by atoms with Crippen molar-refractivity contribution in [2.24, 2.45) is 0 Å². The second-order valence-electron chi connectivity index (χ2n) is 5.18. The van der Waals surface area contributed by atoms with Crippen molar-refractivity contribution in [3.8, 4) is 0 Å². The molecular weight excluding hydrogens is 419 g/mol. The van der Waals surface area contributed by atoms with Gasteiger partial charge in [-0.1, -0.05) is 0 Å². The van der Waals surface area contributed by atoms with Crippen LogP contribution in [-0.4, -0.2) is 43.3 Å². The number of hydrogen-bond donors (Lipinski definition) is 4. The zero-order valence-electron chi connectivity index (χ0n) is 12.7. The van der Waals surface area contributed by atoms with E-state index >= 15 is 0 Å². The maximum Gasteiger partial charge on any atom is 0.488 e. The van der Waals surface area contributed by atoms with Crippen molar-refractivity contribution >= 4 is 30.1 Å². The van der Waals surface area contributed by atoms with E-state index in [2.05, 4.69) is 17.9 Å². The SMILES string of the molecule is Nc1ccn(C2CC(O)C(COP3OP(=O)(O)OP(=O)(O)O3)O2)c(=O)n1. The zero-order valence-corrected chi connectivity index (χ0v) is 15.4. The van der Waals surface area contributed by atoms with E-state index in [1.165, 1.54) is 12.3 Å². The monoisotopic (exact) mass is 433 g/mol. The molecule has 5 N–H and O–H groups in total. The highest BCUT2D eigenvalue weighted by atomic mass is 31.3. The predicted molar refractivity (Wildman–Crippen MR) is 83.2 cm³/mol. The average molecular weight is 433 g/mol. The van der Waals surface area contributed by atoms with Crippen molar-refractivity contribution in [2.45, 2.75) is 24.9 Å². The number of phosphoric acid groups is 2. The van der Waals surface area contributed by atoms with E-state index in [1.54, 1.807) is 0 Å². The quantitative estimate of drug-likeness (QED) is 0.462. The molecule has 5 unspecified atom stereocenters. The molecule has 1 aromatic heterocycles. The molecule has 146 valence electrons. The summed E-state index contributed by atoms with van der Waals surface area (Å²) in [7, 11) is -12.3. The molecule has 0 amide bonds. The fourth-order valence-corrected chi connectivity index (χ4v) is 6.41. The number of nitrogens with two attached hydrogens (primary N) is 1. The number of aliphatic hydroxyl groups excluding tert-OH is 1. The second-order valence-corrected chi connectivity index (χ2v) is 9.72. The van der Waals surface area contributed by atoms with Crippen LogP contribution in [0.2, 0.25) is 0 Å². The summed E-state index contributed by atoms with van der Waals surface area (Å²) in [5, 5.41) is 10.0. The van der Waals surface area contributed by atoms with Crippen molar-refractivity contribution in [1.82, 2.24) is 9.55 Å². The molecular formula is C9H14N3O11P3. The van der Waals surface area contributed by atoms with Crippen LogP contribution in [0.15, 0.2) is 17.1 Å². The molecule has 0 bridgehead atoms. The number of ether oxygens (including phenoxy) is 1. The Hall–Kier alpha value is -0.750. The number of aliphatic hydroxyl groups is 1. The largest absolute Gasteiger partial charge is 0.488 e. The van der Waals surface area contributed by atoms with Crippen molar-refractivity contribution in [1.29, 1.82) is 0 Å². The van der Waals surface area contributed by atoms with Gasteiger partial charge in [0.15, 0.2) is 0 Å². The van der Waals surface area contributed by atoms with Crippen LogP contribution in [0.25, 0.3) is 0 Å². The van der Waals surface area contributed by atoms with Crippen LogP contribution >= 0.6 is 24.2 Å². The Morgan fingerprint density at radius 2 is 2.04 bits per heavy atom. The third-order valence-corrected chi connectivity index (χ3v) is 7.98. The number of hydrogen-bond acceptors (Lipinski definition) is 11. The van der Waals surface area contributed by atoms with Crippen LogP contribution < -0.4 is 11.4 Å². The van der Waals surface area contributed by atoms with Gasteiger partial charge >= 0.3 is 29.9 Å². The Morgan fingerprint density at radius 3 is 2.65 bits per heavy atom. The molecule has 14 nitrogen and oxygen atoms in total. The maximum atomic E-state index is 11.8. The molecule has 3 rings (SSSR count). The number of nitrogen functional groups attached to an aromatic ring is 1. The first kappa shape index (κ1) is 20.0. The number of aromatic nitrogens is 2. The van der Waals surface area contributed by atoms with Crippen LogP contribution in [0.4, 0.5) is 5.82 Å². The van der Waals surface area contributed by atoms with E-state index in [-0.39, 0.29) is 12.2 Å². The van der Waals surface area contributed by atoms with Gasteiger partial charge in [-0.2, -0.15) is 9.29 Å². The van der Waals surface area contributed by atoms with Crippen LogP contribution in [0, 0.1) is 0 Å². The smallest absolute Gasteiger partial charge is 0.390 e. The van der Waals surface area contributed by atoms with Gasteiger partial charge < -0.3 is 29.9 Å². The second kappa shape index (κ2) is 7.34. The number of nitrogens with zero attached hydrogens (tertiary/aromatic N) is 2. The van der Waals surface area contributed by atoms with E-state index in [1.807, 2.05) is 0 Å². The van der Waals surface area contributed by atoms with Crippen molar-refractivity contribution < 1.29 is 46.2 Å². The third-order valence-electron chi connectivity index (χ3n) is 3.26. The van der Waals surface area contributed by atoms with Crippen LogP contribution in [0.5, 0.6) is 0 Å². The van der Waals surface area contributed by atoms with Crippen LogP contribution in [0.3, 0.4) is 0 Å². The summed E-state index contributed by atoms with van der Waals surface area (Å²) < 4.78 is 46.9. The Balaban J connectivity index is 1.62. The fourth-order valence-electron chi connectivity index (χ4n) is 2.21. The molecule has 0 saturated carbocycles. The summed E-state index contributed by atoms with van der Waals surface area (Å²) in [6.07, 6.45) is -1.51. The normalized spacial score (nSPS) is 40.6. The number of anilines is 1.